The van der Waals surface area contributed by atoms with E-state index in [2.05, 4.69) is 5.32 Å². The molecule has 1 amide bonds. The molecule has 0 fully saturated rings. The first-order valence-corrected chi connectivity index (χ1v) is 5.04. The van der Waals surface area contributed by atoms with Crippen molar-refractivity contribution in [1.82, 2.24) is 5.32 Å². The fraction of sp³-hybridized carbons (Fsp3) is 0.444. The second-order valence-corrected chi connectivity index (χ2v) is 3.77. The number of nitrogens with one attached hydrogen (secondary N) is 1. The number of aliphatic hydroxyl groups is 1. The van der Waals surface area contributed by atoms with Crippen LogP contribution in [-0.2, 0) is 0 Å². The molecule has 0 saturated carbocycles. The number of carbonyl (C=O) groups is 1. The highest BCUT2D eigenvalue weighted by molar-refractivity contribution is 7.08. The Bertz CT molecular complexity index is 294. The van der Waals surface area contributed by atoms with Crippen molar-refractivity contribution in [2.75, 3.05) is 6.54 Å². The first-order chi connectivity index (χ1) is 6.11. The van der Waals surface area contributed by atoms with Crippen LogP contribution in [0.4, 0.5) is 0 Å². The zero-order chi connectivity index (χ0) is 9.84. The number of hydrogen-bond donors (Lipinski definition) is 2. The second-order valence-electron chi connectivity index (χ2n) is 3.03. The molecule has 1 rings (SSSR count). The van der Waals surface area contributed by atoms with Crippen LogP contribution in [0.2, 0.25) is 0 Å². The van der Waals surface area contributed by atoms with Crippen LogP contribution >= 0.6 is 11.3 Å². The van der Waals surface area contributed by atoms with Crippen LogP contribution in [0, 0.1) is 6.92 Å². The van der Waals surface area contributed by atoms with Crippen molar-refractivity contribution in [3.05, 3.63) is 21.9 Å². The number of carbonyl (C=O) groups excluding carboxylic acids is 1. The lowest BCUT2D eigenvalue weighted by Crippen LogP contribution is -2.30. The summed E-state index contributed by atoms with van der Waals surface area (Å²) in [6.07, 6.45) is -0.497. The van der Waals surface area contributed by atoms with Crippen LogP contribution in [0.1, 0.15) is 22.8 Å². The first kappa shape index (κ1) is 10.2. The Morgan fingerprint density at radius 2 is 2.38 bits per heavy atom. The number of aryl methyl sites for hydroxylation is 1. The summed E-state index contributed by atoms with van der Waals surface area (Å²) in [6.45, 7) is 3.84. The van der Waals surface area contributed by atoms with Crippen LogP contribution in [0.15, 0.2) is 10.8 Å². The minimum atomic E-state index is -0.497. The monoisotopic (exact) mass is 199 g/mol. The van der Waals surface area contributed by atoms with Gasteiger partial charge in [0, 0.05) is 11.9 Å². The van der Waals surface area contributed by atoms with E-state index in [0.717, 1.165) is 5.56 Å². The molecular formula is C9H13NO2S. The zero-order valence-corrected chi connectivity index (χ0v) is 8.52. The summed E-state index contributed by atoms with van der Waals surface area (Å²) in [6, 6.07) is 0. The molecule has 3 nitrogen and oxygen atoms in total. The number of hydrogen-bond acceptors (Lipinski definition) is 3. The Morgan fingerprint density at radius 3 is 2.85 bits per heavy atom. The topological polar surface area (TPSA) is 49.3 Å². The maximum Gasteiger partial charge on any atom is 0.252 e. The Balaban J connectivity index is 2.54. The van der Waals surface area contributed by atoms with Gasteiger partial charge in [-0.3, -0.25) is 4.79 Å². The molecule has 1 atom stereocenters. The van der Waals surface area contributed by atoms with Crippen LogP contribution in [0.25, 0.3) is 0 Å². The maximum absolute atomic E-state index is 11.4. The molecule has 0 aliphatic rings. The summed E-state index contributed by atoms with van der Waals surface area (Å²) in [7, 11) is 0. The van der Waals surface area contributed by atoms with Gasteiger partial charge in [0.25, 0.3) is 5.91 Å². The Hall–Kier alpha value is -0.870. The van der Waals surface area contributed by atoms with Gasteiger partial charge in [-0.1, -0.05) is 0 Å². The van der Waals surface area contributed by atoms with E-state index in [9.17, 15) is 4.79 Å². The van der Waals surface area contributed by atoms with E-state index in [-0.39, 0.29) is 5.91 Å². The molecule has 1 aromatic rings. The molecule has 1 aromatic heterocycles. The fourth-order valence-corrected chi connectivity index (χ4v) is 1.76. The lowest BCUT2D eigenvalue weighted by Gasteiger charge is -2.06. The van der Waals surface area contributed by atoms with Crippen LogP contribution in [0.5, 0.6) is 0 Å². The minimum absolute atomic E-state index is 0.111. The van der Waals surface area contributed by atoms with Crippen LogP contribution in [0.3, 0.4) is 0 Å². The van der Waals surface area contributed by atoms with Crippen LogP contribution < -0.4 is 5.32 Å². The van der Waals surface area contributed by atoms with Gasteiger partial charge in [0.2, 0.25) is 0 Å². The van der Waals surface area contributed by atoms with Gasteiger partial charge in [-0.2, -0.15) is 11.3 Å². The average molecular weight is 199 g/mol. The maximum atomic E-state index is 11.4. The third kappa shape index (κ3) is 2.82. The summed E-state index contributed by atoms with van der Waals surface area (Å²) < 4.78 is 0. The minimum Gasteiger partial charge on any atom is -0.392 e. The van der Waals surface area contributed by atoms with Crippen molar-refractivity contribution < 1.29 is 9.90 Å². The van der Waals surface area contributed by atoms with Gasteiger partial charge in [-0.05, 0) is 24.8 Å². The molecule has 1 heterocycles. The molecule has 0 aliphatic carbocycles. The Kier molecular flexibility index (Phi) is 3.45. The third-order valence-electron chi connectivity index (χ3n) is 1.66. The van der Waals surface area contributed by atoms with E-state index in [1.165, 1.54) is 11.3 Å². The molecule has 0 aromatic carbocycles. The Labute approximate surface area is 81.4 Å². The summed E-state index contributed by atoms with van der Waals surface area (Å²) >= 11 is 1.51. The Morgan fingerprint density at radius 1 is 1.69 bits per heavy atom. The molecule has 4 heteroatoms. The van der Waals surface area contributed by atoms with Gasteiger partial charge in [-0.15, -0.1) is 0 Å². The quantitative estimate of drug-likeness (QED) is 0.767. The van der Waals surface area contributed by atoms with Crippen molar-refractivity contribution in [3.63, 3.8) is 0 Å². The van der Waals surface area contributed by atoms with Gasteiger partial charge < -0.3 is 10.4 Å². The average Bonchev–Trinajstić information content (AvgIpc) is 2.47. The fourth-order valence-electron chi connectivity index (χ4n) is 0.929. The zero-order valence-electron chi connectivity index (χ0n) is 7.70. The predicted octanol–water partition coefficient (Wildman–Crippen LogP) is 1.17. The number of rotatable bonds is 3. The van der Waals surface area contributed by atoms with E-state index in [1.54, 1.807) is 6.92 Å². The highest BCUT2D eigenvalue weighted by Crippen LogP contribution is 2.12. The molecule has 72 valence electrons. The smallest absolute Gasteiger partial charge is 0.252 e. The molecule has 0 saturated heterocycles. The molecule has 0 spiro atoms. The standard InChI is InChI=1S/C9H13NO2S/c1-6-4-13-5-8(6)9(12)10-3-7(2)11/h4-5,7,11H,3H2,1-2H3,(H,10,12). The summed E-state index contributed by atoms with van der Waals surface area (Å²) in [4.78, 5) is 11.4. The van der Waals surface area contributed by atoms with Gasteiger partial charge in [-0.25, -0.2) is 0 Å². The second kappa shape index (κ2) is 4.39. The molecule has 0 radical (unpaired) electrons. The van der Waals surface area contributed by atoms with Crippen molar-refractivity contribution >= 4 is 17.2 Å². The number of amides is 1. The summed E-state index contributed by atoms with van der Waals surface area (Å²) in [5, 5.41) is 15.3. The molecule has 2 N–H and O–H groups in total. The van der Waals surface area contributed by atoms with Gasteiger partial charge in [0.15, 0.2) is 0 Å². The van der Waals surface area contributed by atoms with Crippen molar-refractivity contribution in [1.29, 1.82) is 0 Å². The van der Waals surface area contributed by atoms with Gasteiger partial charge in [0.05, 0.1) is 11.7 Å². The van der Waals surface area contributed by atoms with Gasteiger partial charge >= 0.3 is 0 Å². The van der Waals surface area contributed by atoms with Crippen LogP contribution in [-0.4, -0.2) is 23.7 Å². The highest BCUT2D eigenvalue weighted by atomic mass is 32.1. The molecule has 0 bridgehead atoms. The van der Waals surface area contributed by atoms with Crippen molar-refractivity contribution in [2.45, 2.75) is 20.0 Å². The molecule has 0 aliphatic heterocycles. The largest absolute Gasteiger partial charge is 0.392 e. The van der Waals surface area contributed by atoms with Crippen molar-refractivity contribution in [2.24, 2.45) is 0 Å². The van der Waals surface area contributed by atoms with E-state index in [4.69, 9.17) is 5.11 Å². The van der Waals surface area contributed by atoms with E-state index in [1.807, 2.05) is 17.7 Å². The van der Waals surface area contributed by atoms with Gasteiger partial charge in [0.1, 0.15) is 0 Å². The number of thiophene rings is 1. The van der Waals surface area contributed by atoms with E-state index < -0.39 is 6.10 Å². The SMILES string of the molecule is Cc1cscc1C(=O)NCC(C)O. The highest BCUT2D eigenvalue weighted by Gasteiger charge is 2.09. The normalized spacial score (nSPS) is 12.5. The third-order valence-corrected chi connectivity index (χ3v) is 2.52. The summed E-state index contributed by atoms with van der Waals surface area (Å²) in [5.74, 6) is -0.111. The molecular weight excluding hydrogens is 186 g/mol. The lowest BCUT2D eigenvalue weighted by atomic mass is 10.2. The first-order valence-electron chi connectivity index (χ1n) is 4.10. The number of aliphatic hydroxyl groups excluding tert-OH is 1. The predicted molar refractivity (Wildman–Crippen MR) is 53.1 cm³/mol. The summed E-state index contributed by atoms with van der Waals surface area (Å²) in [5.41, 5.74) is 1.68. The lowest BCUT2D eigenvalue weighted by molar-refractivity contribution is 0.0924. The van der Waals surface area contributed by atoms with E-state index in [0.29, 0.717) is 12.1 Å². The molecule has 1 unspecified atom stereocenters. The van der Waals surface area contributed by atoms with Crippen molar-refractivity contribution in [3.8, 4) is 0 Å². The molecule has 13 heavy (non-hydrogen) atoms. The van der Waals surface area contributed by atoms with E-state index >= 15 is 0 Å².